The van der Waals surface area contributed by atoms with E-state index in [1.807, 2.05) is 30.3 Å². The number of halogens is 2. The van der Waals surface area contributed by atoms with Crippen molar-refractivity contribution in [2.45, 2.75) is 44.2 Å². The van der Waals surface area contributed by atoms with Gasteiger partial charge in [-0.1, -0.05) is 53.5 Å². The standard InChI is InChI=1S/C27H23Cl2NO3/c28-21-11-12-24-22(14-21)27(33,26(32)30(24)16-20-7-3-4-8-23(20)29)15-25(31)19-10-9-17-5-1-2-6-18(17)13-19/h3-4,7-14,33H,1-2,5-6,15-16H2. The number of carbonyl (C=O) groups is 2. The second-order valence-corrected chi connectivity index (χ2v) is 9.64. The second-order valence-electron chi connectivity index (χ2n) is 8.80. The van der Waals surface area contributed by atoms with Gasteiger partial charge in [0, 0.05) is 21.2 Å². The number of Topliss-reactive ketones (excluding diaryl/α,β-unsaturated/α-hetero) is 1. The van der Waals surface area contributed by atoms with Crippen molar-refractivity contribution in [1.82, 2.24) is 0 Å². The molecule has 0 fully saturated rings. The summed E-state index contributed by atoms with van der Waals surface area (Å²) in [6.45, 7) is 0.183. The maximum Gasteiger partial charge on any atom is 0.264 e. The zero-order valence-corrected chi connectivity index (χ0v) is 19.5. The number of anilines is 1. The number of hydrogen-bond acceptors (Lipinski definition) is 3. The topological polar surface area (TPSA) is 57.6 Å². The van der Waals surface area contributed by atoms with Crippen molar-refractivity contribution >= 4 is 40.6 Å². The van der Waals surface area contributed by atoms with Gasteiger partial charge in [0.15, 0.2) is 11.4 Å². The number of aryl methyl sites for hydroxylation is 2. The number of nitrogens with zero attached hydrogens (tertiary/aromatic N) is 1. The van der Waals surface area contributed by atoms with Gasteiger partial charge in [0.2, 0.25) is 0 Å². The fraction of sp³-hybridized carbons (Fsp3) is 0.259. The lowest BCUT2D eigenvalue weighted by Gasteiger charge is -2.23. The van der Waals surface area contributed by atoms with E-state index in [2.05, 4.69) is 0 Å². The fourth-order valence-electron chi connectivity index (χ4n) is 4.89. The van der Waals surface area contributed by atoms with Crippen LogP contribution in [0.5, 0.6) is 0 Å². The monoisotopic (exact) mass is 479 g/mol. The van der Waals surface area contributed by atoms with Crippen molar-refractivity contribution in [2.75, 3.05) is 4.90 Å². The smallest absolute Gasteiger partial charge is 0.264 e. The van der Waals surface area contributed by atoms with E-state index in [0.717, 1.165) is 31.2 Å². The van der Waals surface area contributed by atoms with Crippen LogP contribution in [0.25, 0.3) is 0 Å². The average Bonchev–Trinajstić information content (AvgIpc) is 3.01. The Morgan fingerprint density at radius 2 is 1.73 bits per heavy atom. The molecule has 0 saturated heterocycles. The number of aliphatic hydroxyl groups is 1. The highest BCUT2D eigenvalue weighted by Crippen LogP contribution is 2.45. The average molecular weight is 480 g/mol. The maximum absolute atomic E-state index is 13.5. The lowest BCUT2D eigenvalue weighted by Crippen LogP contribution is -2.41. The molecule has 3 aromatic carbocycles. The van der Waals surface area contributed by atoms with Crippen molar-refractivity contribution in [3.63, 3.8) is 0 Å². The van der Waals surface area contributed by atoms with Gasteiger partial charge in [0.25, 0.3) is 5.91 Å². The first-order valence-corrected chi connectivity index (χ1v) is 11.9. The quantitative estimate of drug-likeness (QED) is 0.464. The van der Waals surface area contributed by atoms with Gasteiger partial charge < -0.3 is 10.0 Å². The van der Waals surface area contributed by atoms with Crippen molar-refractivity contribution in [3.05, 3.63) is 98.5 Å². The highest BCUT2D eigenvalue weighted by molar-refractivity contribution is 6.31. The Bertz CT molecular complexity index is 1270. The summed E-state index contributed by atoms with van der Waals surface area (Å²) < 4.78 is 0. The van der Waals surface area contributed by atoms with Crippen LogP contribution in [-0.2, 0) is 29.8 Å². The molecular weight excluding hydrogens is 457 g/mol. The first kappa shape index (κ1) is 22.1. The van der Waals surface area contributed by atoms with Crippen molar-refractivity contribution in [2.24, 2.45) is 0 Å². The second kappa shape index (κ2) is 8.60. The summed E-state index contributed by atoms with van der Waals surface area (Å²) in [4.78, 5) is 28.3. The maximum atomic E-state index is 13.5. The molecule has 1 N–H and O–H groups in total. The zero-order chi connectivity index (χ0) is 23.2. The molecule has 33 heavy (non-hydrogen) atoms. The van der Waals surface area contributed by atoms with Gasteiger partial charge in [-0.2, -0.15) is 0 Å². The van der Waals surface area contributed by atoms with Crippen LogP contribution in [0.3, 0.4) is 0 Å². The van der Waals surface area contributed by atoms with Gasteiger partial charge in [0.05, 0.1) is 18.7 Å². The molecule has 1 aliphatic carbocycles. The largest absolute Gasteiger partial charge is 0.375 e. The molecule has 1 amide bonds. The van der Waals surface area contributed by atoms with E-state index < -0.39 is 11.5 Å². The summed E-state index contributed by atoms with van der Waals surface area (Å²) in [5.74, 6) is -0.823. The Labute approximate surface area is 202 Å². The summed E-state index contributed by atoms with van der Waals surface area (Å²) in [7, 11) is 0. The Hall–Kier alpha value is -2.66. The molecule has 1 atom stereocenters. The first-order valence-electron chi connectivity index (χ1n) is 11.1. The third-order valence-electron chi connectivity index (χ3n) is 6.67. The van der Waals surface area contributed by atoms with E-state index in [4.69, 9.17) is 23.2 Å². The highest BCUT2D eigenvalue weighted by atomic mass is 35.5. The van der Waals surface area contributed by atoms with Gasteiger partial charge in [-0.25, -0.2) is 0 Å². The van der Waals surface area contributed by atoms with E-state index >= 15 is 0 Å². The number of amides is 1. The molecule has 1 aliphatic heterocycles. The van der Waals surface area contributed by atoms with E-state index in [0.29, 0.717) is 26.9 Å². The third kappa shape index (κ3) is 3.97. The predicted octanol–water partition coefficient (Wildman–Crippen LogP) is 5.88. The zero-order valence-electron chi connectivity index (χ0n) is 18.0. The Morgan fingerprint density at radius 1 is 0.970 bits per heavy atom. The number of fused-ring (bicyclic) bond motifs is 2. The third-order valence-corrected chi connectivity index (χ3v) is 7.27. The van der Waals surface area contributed by atoms with Crippen LogP contribution >= 0.6 is 23.2 Å². The molecule has 0 radical (unpaired) electrons. The molecule has 0 spiro atoms. The van der Waals surface area contributed by atoms with Crippen molar-refractivity contribution < 1.29 is 14.7 Å². The molecule has 2 aliphatic rings. The number of hydrogen-bond donors (Lipinski definition) is 1. The van der Waals surface area contributed by atoms with Gasteiger partial charge >= 0.3 is 0 Å². The molecule has 4 nitrogen and oxygen atoms in total. The molecule has 0 saturated carbocycles. The number of rotatable bonds is 5. The molecule has 3 aromatic rings. The summed E-state index contributed by atoms with van der Waals surface area (Å²) in [5, 5.41) is 12.5. The molecule has 168 valence electrons. The molecule has 5 rings (SSSR count). The first-order chi connectivity index (χ1) is 15.9. The molecule has 1 heterocycles. The van der Waals surface area contributed by atoms with E-state index in [-0.39, 0.29) is 18.7 Å². The van der Waals surface area contributed by atoms with Crippen LogP contribution in [0.15, 0.2) is 60.7 Å². The Kier molecular flexibility index (Phi) is 5.77. The lowest BCUT2D eigenvalue weighted by atomic mass is 9.85. The van der Waals surface area contributed by atoms with E-state index in [1.54, 1.807) is 30.3 Å². The van der Waals surface area contributed by atoms with Crippen molar-refractivity contribution in [3.8, 4) is 0 Å². The summed E-state index contributed by atoms with van der Waals surface area (Å²) in [5.41, 5.74) is 2.61. The Morgan fingerprint density at radius 3 is 2.52 bits per heavy atom. The molecular formula is C27H23Cl2NO3. The van der Waals surface area contributed by atoms with Crippen LogP contribution in [0, 0.1) is 0 Å². The normalized spacial score (nSPS) is 19.4. The molecule has 0 aromatic heterocycles. The van der Waals surface area contributed by atoms with Crippen LogP contribution in [0.4, 0.5) is 5.69 Å². The highest BCUT2D eigenvalue weighted by Gasteiger charge is 2.51. The fourth-order valence-corrected chi connectivity index (χ4v) is 5.26. The number of ketones is 1. The van der Waals surface area contributed by atoms with E-state index in [9.17, 15) is 14.7 Å². The molecule has 6 heteroatoms. The summed E-state index contributed by atoms with van der Waals surface area (Å²) in [6, 6.07) is 17.9. The summed E-state index contributed by atoms with van der Waals surface area (Å²) in [6.07, 6.45) is 3.89. The van der Waals surface area contributed by atoms with Crippen LogP contribution < -0.4 is 4.90 Å². The van der Waals surface area contributed by atoms with Crippen molar-refractivity contribution in [1.29, 1.82) is 0 Å². The minimum atomic E-state index is -1.99. The SMILES string of the molecule is O=C(CC1(O)C(=O)N(Cc2ccccc2Cl)c2ccc(Cl)cc21)c1ccc2c(c1)CCCC2. The molecule has 1 unspecified atom stereocenters. The predicted molar refractivity (Wildman–Crippen MR) is 130 cm³/mol. The number of carbonyl (C=O) groups excluding carboxylic acids is 2. The van der Waals surface area contributed by atoms with Gasteiger partial charge in [-0.3, -0.25) is 9.59 Å². The van der Waals surface area contributed by atoms with E-state index in [1.165, 1.54) is 16.0 Å². The minimum Gasteiger partial charge on any atom is -0.375 e. The van der Waals surface area contributed by atoms with Crippen LogP contribution in [-0.4, -0.2) is 16.8 Å². The Balaban J connectivity index is 1.49. The van der Waals surface area contributed by atoms with Crippen LogP contribution in [0.1, 0.15) is 51.9 Å². The number of benzene rings is 3. The van der Waals surface area contributed by atoms with Crippen LogP contribution in [0.2, 0.25) is 10.0 Å². The van der Waals surface area contributed by atoms with Gasteiger partial charge in [-0.05, 0) is 72.7 Å². The van der Waals surface area contributed by atoms with Gasteiger partial charge in [-0.15, -0.1) is 0 Å². The minimum absolute atomic E-state index is 0.183. The molecule has 0 bridgehead atoms. The lowest BCUT2D eigenvalue weighted by molar-refractivity contribution is -0.136. The summed E-state index contributed by atoms with van der Waals surface area (Å²) >= 11 is 12.5. The van der Waals surface area contributed by atoms with Gasteiger partial charge in [0.1, 0.15) is 0 Å².